The lowest BCUT2D eigenvalue weighted by Crippen LogP contribution is -2.27. The summed E-state index contributed by atoms with van der Waals surface area (Å²) in [5.74, 6) is -3.11. The van der Waals surface area contributed by atoms with Crippen LogP contribution in [0.15, 0.2) is 40.3 Å². The van der Waals surface area contributed by atoms with E-state index < -0.39 is 23.9 Å². The predicted molar refractivity (Wildman–Crippen MR) is 133 cm³/mol. The highest BCUT2D eigenvalue weighted by molar-refractivity contribution is 6.04. The van der Waals surface area contributed by atoms with E-state index in [-0.39, 0.29) is 18.2 Å². The Labute approximate surface area is 209 Å². The van der Waals surface area contributed by atoms with Gasteiger partial charge in [0.15, 0.2) is 11.5 Å². The Hall–Kier alpha value is -3.11. The van der Waals surface area contributed by atoms with Crippen LogP contribution in [-0.2, 0) is 21.9 Å². The van der Waals surface area contributed by atoms with E-state index in [2.05, 4.69) is 15.3 Å². The van der Waals surface area contributed by atoms with Crippen molar-refractivity contribution in [3.05, 3.63) is 52.8 Å². The van der Waals surface area contributed by atoms with Gasteiger partial charge in [0, 0.05) is 44.1 Å². The second-order valence-corrected chi connectivity index (χ2v) is 8.17. The van der Waals surface area contributed by atoms with Gasteiger partial charge in [-0.2, -0.15) is 8.78 Å². The number of amidine groups is 1. The van der Waals surface area contributed by atoms with Crippen LogP contribution in [0.2, 0.25) is 0 Å². The summed E-state index contributed by atoms with van der Waals surface area (Å²) in [5.41, 5.74) is 0.500. The minimum Gasteiger partial charge on any atom is -0.493 e. The minimum absolute atomic E-state index is 0.0744. The maximum atomic E-state index is 15.1. The molecule has 0 unspecified atom stereocenters. The molecule has 0 spiro atoms. The first-order valence-corrected chi connectivity index (χ1v) is 11.6. The number of halogens is 3. The second-order valence-electron chi connectivity index (χ2n) is 8.17. The highest BCUT2D eigenvalue weighted by Crippen LogP contribution is 2.36. The van der Waals surface area contributed by atoms with Crippen LogP contribution in [0.5, 0.6) is 11.5 Å². The van der Waals surface area contributed by atoms with E-state index in [0.717, 1.165) is 18.9 Å². The molecule has 2 aromatic carbocycles. The van der Waals surface area contributed by atoms with E-state index >= 15 is 4.39 Å². The topological polar surface area (TPSA) is 73.7 Å². The molecule has 1 aliphatic rings. The second kappa shape index (κ2) is 12.7. The summed E-state index contributed by atoms with van der Waals surface area (Å²) in [6.07, 6.45) is 2.98. The van der Waals surface area contributed by atoms with Gasteiger partial charge in [0.05, 0.1) is 31.1 Å². The van der Waals surface area contributed by atoms with E-state index in [1.54, 1.807) is 39.4 Å². The summed E-state index contributed by atoms with van der Waals surface area (Å²) in [4.78, 5) is 8.67. The first-order valence-electron chi connectivity index (χ1n) is 11.6. The minimum atomic E-state index is -3.43. The molecule has 1 saturated carbocycles. The average molecular weight is 508 g/mol. The van der Waals surface area contributed by atoms with Crippen LogP contribution in [0, 0.1) is 5.82 Å². The van der Waals surface area contributed by atoms with Gasteiger partial charge < -0.3 is 24.3 Å². The van der Waals surface area contributed by atoms with Gasteiger partial charge in [-0.05, 0) is 31.9 Å². The van der Waals surface area contributed by atoms with E-state index in [9.17, 15) is 8.78 Å². The van der Waals surface area contributed by atoms with Crippen molar-refractivity contribution in [2.75, 3.05) is 41.1 Å². The molecule has 36 heavy (non-hydrogen) atoms. The molecule has 3 rings (SSSR count). The zero-order valence-corrected chi connectivity index (χ0v) is 20.9. The number of aliphatic imine (C=N–C) groups is 2. The Morgan fingerprint density at radius 3 is 2.58 bits per heavy atom. The smallest absolute Gasteiger partial charge is 0.298 e. The van der Waals surface area contributed by atoms with Gasteiger partial charge in [-0.15, -0.1) is 0 Å². The molecule has 0 saturated heterocycles. The fraction of sp³-hybridized carbons (Fsp3) is 0.462. The molecule has 1 N–H and O–H groups in total. The number of rotatable bonds is 13. The number of ether oxygens (including phenoxy) is 4. The summed E-state index contributed by atoms with van der Waals surface area (Å²) >= 11 is 0. The number of hydrogen-bond donors (Lipinski definition) is 1. The Kier molecular flexibility index (Phi) is 9.72. The molecule has 0 amide bonds. The summed E-state index contributed by atoms with van der Waals surface area (Å²) in [7, 11) is 4.65. The average Bonchev–Trinajstić information content (AvgIpc) is 3.70. The molecule has 0 heterocycles. The first kappa shape index (κ1) is 27.5. The number of hydrogen-bond acceptors (Lipinski definition) is 6. The van der Waals surface area contributed by atoms with E-state index in [0.29, 0.717) is 41.8 Å². The molecule has 1 fully saturated rings. The van der Waals surface area contributed by atoms with Crippen molar-refractivity contribution in [2.45, 2.75) is 38.3 Å². The molecule has 1 aliphatic carbocycles. The van der Waals surface area contributed by atoms with Crippen LogP contribution in [0.25, 0.3) is 0 Å². The lowest BCUT2D eigenvalue weighted by Gasteiger charge is -2.20. The zero-order chi connectivity index (χ0) is 26.1. The van der Waals surface area contributed by atoms with Crippen LogP contribution in [0.4, 0.5) is 18.9 Å². The SMILES string of the molecule is C/C=N/c1cc(OC)c(OCCOC)cc1/C(=N\C)NCc1cccc(C(F)(F)COC2CC2)c1F. The van der Waals surface area contributed by atoms with Crippen LogP contribution in [-0.4, -0.2) is 59.2 Å². The first-order chi connectivity index (χ1) is 17.3. The van der Waals surface area contributed by atoms with Crippen molar-refractivity contribution in [3.8, 4) is 11.5 Å². The molecule has 0 atom stereocenters. The number of nitrogens with zero attached hydrogens (tertiary/aromatic N) is 2. The molecule has 2 aromatic rings. The third-order valence-electron chi connectivity index (χ3n) is 5.52. The molecule has 0 bridgehead atoms. The maximum Gasteiger partial charge on any atom is 0.298 e. The monoisotopic (exact) mass is 507 g/mol. The van der Waals surface area contributed by atoms with Crippen molar-refractivity contribution in [1.82, 2.24) is 5.32 Å². The van der Waals surface area contributed by atoms with Gasteiger partial charge in [-0.25, -0.2) is 4.39 Å². The molecule has 0 radical (unpaired) electrons. The predicted octanol–water partition coefficient (Wildman–Crippen LogP) is 5.02. The van der Waals surface area contributed by atoms with Gasteiger partial charge in [-0.3, -0.25) is 9.98 Å². The van der Waals surface area contributed by atoms with Crippen LogP contribution in [0.1, 0.15) is 36.5 Å². The van der Waals surface area contributed by atoms with Gasteiger partial charge in [0.25, 0.3) is 5.92 Å². The molecule has 0 aliphatic heterocycles. The third kappa shape index (κ3) is 6.98. The van der Waals surface area contributed by atoms with Gasteiger partial charge in [0.1, 0.15) is 24.9 Å². The van der Waals surface area contributed by atoms with Crippen molar-refractivity contribution in [2.24, 2.45) is 9.98 Å². The molecule has 7 nitrogen and oxygen atoms in total. The molecule has 196 valence electrons. The fourth-order valence-electron chi connectivity index (χ4n) is 3.50. The van der Waals surface area contributed by atoms with Gasteiger partial charge in [0.2, 0.25) is 0 Å². The number of benzene rings is 2. The van der Waals surface area contributed by atoms with Crippen LogP contribution < -0.4 is 14.8 Å². The Morgan fingerprint density at radius 1 is 1.17 bits per heavy atom. The number of methoxy groups -OCH3 is 2. The molecular formula is C26H32F3N3O4. The molecule has 10 heteroatoms. The Morgan fingerprint density at radius 2 is 1.94 bits per heavy atom. The maximum absolute atomic E-state index is 15.1. The standard InChI is InChI=1S/C26H32F3N3O4/c1-5-31-21-14-22(34-4)23(35-12-11-33-3)13-19(21)25(30-2)32-15-17-7-6-8-20(24(17)27)26(28,29)16-36-18-9-10-18/h5-8,13-14,18H,9-12,15-16H2,1-4H3,(H,30,32)/b31-5+. The largest absolute Gasteiger partial charge is 0.493 e. The van der Waals surface area contributed by atoms with E-state index in [1.165, 1.54) is 19.2 Å². The fourth-order valence-corrected chi connectivity index (χ4v) is 3.50. The number of alkyl halides is 2. The Balaban J connectivity index is 1.84. The Bertz CT molecular complexity index is 1090. The highest BCUT2D eigenvalue weighted by Gasteiger charge is 2.38. The highest BCUT2D eigenvalue weighted by atomic mass is 19.3. The van der Waals surface area contributed by atoms with Crippen molar-refractivity contribution in [3.63, 3.8) is 0 Å². The molecule has 0 aromatic heterocycles. The van der Waals surface area contributed by atoms with Crippen LogP contribution in [0.3, 0.4) is 0 Å². The van der Waals surface area contributed by atoms with Crippen molar-refractivity contribution >= 4 is 17.7 Å². The van der Waals surface area contributed by atoms with Gasteiger partial charge >= 0.3 is 0 Å². The summed E-state index contributed by atoms with van der Waals surface area (Å²) < 4.78 is 65.8. The quantitative estimate of drug-likeness (QED) is 0.234. The van der Waals surface area contributed by atoms with E-state index in [1.807, 2.05) is 0 Å². The van der Waals surface area contributed by atoms with Crippen LogP contribution >= 0.6 is 0 Å². The summed E-state index contributed by atoms with van der Waals surface area (Å²) in [6, 6.07) is 7.36. The number of nitrogens with one attached hydrogen (secondary N) is 1. The third-order valence-corrected chi connectivity index (χ3v) is 5.52. The lowest BCUT2D eigenvalue weighted by molar-refractivity contribution is -0.0894. The van der Waals surface area contributed by atoms with E-state index in [4.69, 9.17) is 18.9 Å². The molecular weight excluding hydrogens is 475 g/mol. The zero-order valence-electron chi connectivity index (χ0n) is 20.9. The summed E-state index contributed by atoms with van der Waals surface area (Å²) in [6.45, 7) is 1.53. The lowest BCUT2D eigenvalue weighted by atomic mass is 10.0. The normalized spacial score (nSPS) is 14.4. The van der Waals surface area contributed by atoms with Gasteiger partial charge in [-0.1, -0.05) is 12.1 Å². The van der Waals surface area contributed by atoms with Crippen molar-refractivity contribution in [1.29, 1.82) is 0 Å². The van der Waals surface area contributed by atoms with Crippen molar-refractivity contribution < 1.29 is 32.1 Å². The summed E-state index contributed by atoms with van der Waals surface area (Å²) in [5, 5.41) is 3.05.